The van der Waals surface area contributed by atoms with Crippen molar-refractivity contribution in [3.8, 4) is 0 Å². The van der Waals surface area contributed by atoms with E-state index in [9.17, 15) is 8.42 Å². The lowest BCUT2D eigenvalue weighted by Crippen LogP contribution is -2.34. The number of hydrogen-bond donors (Lipinski definition) is 1. The fourth-order valence-corrected chi connectivity index (χ4v) is 4.14. The SMILES string of the molecule is Cc1c(Cl)cccc1NC1CCCC1S(C)(=O)=O. The molecule has 100 valence electrons. The summed E-state index contributed by atoms with van der Waals surface area (Å²) >= 11 is 6.07. The van der Waals surface area contributed by atoms with Crippen molar-refractivity contribution >= 4 is 27.1 Å². The van der Waals surface area contributed by atoms with Gasteiger partial charge in [0.1, 0.15) is 0 Å². The second kappa shape index (κ2) is 5.10. The summed E-state index contributed by atoms with van der Waals surface area (Å²) in [6.45, 7) is 1.94. The van der Waals surface area contributed by atoms with Crippen LogP contribution in [-0.2, 0) is 9.84 Å². The van der Waals surface area contributed by atoms with Gasteiger partial charge in [0.2, 0.25) is 0 Å². The Labute approximate surface area is 113 Å². The van der Waals surface area contributed by atoms with Gasteiger partial charge < -0.3 is 5.32 Å². The van der Waals surface area contributed by atoms with Gasteiger partial charge in [0.25, 0.3) is 0 Å². The molecule has 0 spiro atoms. The zero-order chi connectivity index (χ0) is 13.3. The average Bonchev–Trinajstić information content (AvgIpc) is 2.72. The van der Waals surface area contributed by atoms with Gasteiger partial charge >= 0.3 is 0 Å². The third-order valence-corrected chi connectivity index (χ3v) is 5.68. The second-order valence-electron chi connectivity index (χ2n) is 4.96. The Morgan fingerprint density at radius 3 is 2.72 bits per heavy atom. The van der Waals surface area contributed by atoms with Gasteiger partial charge in [-0.3, -0.25) is 0 Å². The Morgan fingerprint density at radius 2 is 2.06 bits per heavy atom. The molecular weight excluding hydrogens is 270 g/mol. The maximum atomic E-state index is 11.7. The Morgan fingerprint density at radius 1 is 1.33 bits per heavy atom. The van der Waals surface area contributed by atoms with Crippen LogP contribution in [0.15, 0.2) is 18.2 Å². The van der Waals surface area contributed by atoms with Crippen LogP contribution in [-0.4, -0.2) is 26.0 Å². The Kier molecular flexibility index (Phi) is 3.87. The van der Waals surface area contributed by atoms with Crippen LogP contribution in [0.1, 0.15) is 24.8 Å². The predicted molar refractivity (Wildman–Crippen MR) is 76.1 cm³/mol. The lowest BCUT2D eigenvalue weighted by Gasteiger charge is -2.22. The molecule has 0 aromatic heterocycles. The van der Waals surface area contributed by atoms with Gasteiger partial charge in [-0.2, -0.15) is 0 Å². The summed E-state index contributed by atoms with van der Waals surface area (Å²) in [5.74, 6) is 0. The van der Waals surface area contributed by atoms with Crippen molar-refractivity contribution in [1.82, 2.24) is 0 Å². The molecule has 0 aliphatic heterocycles. The van der Waals surface area contributed by atoms with Crippen LogP contribution in [0.3, 0.4) is 0 Å². The largest absolute Gasteiger partial charge is 0.381 e. The van der Waals surface area contributed by atoms with Crippen LogP contribution in [0.2, 0.25) is 5.02 Å². The number of nitrogens with one attached hydrogen (secondary N) is 1. The molecule has 1 aromatic rings. The van der Waals surface area contributed by atoms with E-state index in [1.165, 1.54) is 6.26 Å². The van der Waals surface area contributed by atoms with E-state index in [4.69, 9.17) is 11.6 Å². The molecule has 1 aliphatic carbocycles. The van der Waals surface area contributed by atoms with Gasteiger partial charge in [0, 0.05) is 23.0 Å². The van der Waals surface area contributed by atoms with E-state index in [-0.39, 0.29) is 11.3 Å². The standard InChI is InChI=1S/C13H18ClNO2S/c1-9-10(14)5-3-6-11(9)15-12-7-4-8-13(12)18(2,16)17/h3,5-6,12-13,15H,4,7-8H2,1-2H3. The van der Waals surface area contributed by atoms with E-state index in [2.05, 4.69) is 5.32 Å². The topological polar surface area (TPSA) is 46.2 Å². The highest BCUT2D eigenvalue weighted by molar-refractivity contribution is 7.91. The zero-order valence-corrected chi connectivity index (χ0v) is 12.2. The highest BCUT2D eigenvalue weighted by Gasteiger charge is 2.34. The molecule has 2 atom stereocenters. The van der Waals surface area contributed by atoms with Crippen LogP contribution < -0.4 is 5.32 Å². The van der Waals surface area contributed by atoms with E-state index in [0.29, 0.717) is 5.02 Å². The molecule has 3 nitrogen and oxygen atoms in total. The maximum absolute atomic E-state index is 11.7. The van der Waals surface area contributed by atoms with Crippen molar-refractivity contribution in [3.05, 3.63) is 28.8 Å². The first-order valence-corrected chi connectivity index (χ1v) is 8.43. The summed E-state index contributed by atoms with van der Waals surface area (Å²) in [6.07, 6.45) is 3.91. The van der Waals surface area contributed by atoms with Crippen LogP contribution in [0, 0.1) is 6.92 Å². The molecule has 0 bridgehead atoms. The molecule has 0 radical (unpaired) electrons. The molecule has 18 heavy (non-hydrogen) atoms. The highest BCUT2D eigenvalue weighted by atomic mass is 35.5. The third-order valence-electron chi connectivity index (χ3n) is 3.61. The Hall–Kier alpha value is -0.740. The third kappa shape index (κ3) is 2.81. The normalized spacial score (nSPS) is 24.2. The lowest BCUT2D eigenvalue weighted by atomic mass is 10.1. The van der Waals surface area contributed by atoms with Gasteiger partial charge in [0.05, 0.1) is 5.25 Å². The summed E-state index contributed by atoms with van der Waals surface area (Å²) in [5, 5.41) is 3.76. The van der Waals surface area contributed by atoms with E-state index in [1.807, 2.05) is 25.1 Å². The fourth-order valence-electron chi connectivity index (χ4n) is 2.57. The summed E-state index contributed by atoms with van der Waals surface area (Å²) in [5.41, 5.74) is 1.90. The van der Waals surface area contributed by atoms with E-state index in [0.717, 1.165) is 30.5 Å². The van der Waals surface area contributed by atoms with Crippen LogP contribution in [0.4, 0.5) is 5.69 Å². The summed E-state index contributed by atoms with van der Waals surface area (Å²) < 4.78 is 23.4. The number of sulfone groups is 1. The molecule has 1 aromatic carbocycles. The van der Waals surface area contributed by atoms with Crippen molar-refractivity contribution in [3.63, 3.8) is 0 Å². The zero-order valence-electron chi connectivity index (χ0n) is 10.6. The molecular formula is C13H18ClNO2S. The predicted octanol–water partition coefficient (Wildman–Crippen LogP) is 3.03. The second-order valence-corrected chi connectivity index (χ2v) is 7.63. The van der Waals surface area contributed by atoms with Crippen LogP contribution >= 0.6 is 11.6 Å². The first kappa shape index (κ1) is 13.7. The minimum absolute atomic E-state index is 0.00262. The molecule has 0 amide bonds. The van der Waals surface area contributed by atoms with E-state index >= 15 is 0 Å². The van der Waals surface area contributed by atoms with Crippen molar-refractivity contribution in [2.75, 3.05) is 11.6 Å². The first-order valence-electron chi connectivity index (χ1n) is 6.10. The number of anilines is 1. The molecule has 1 fully saturated rings. The molecule has 1 saturated carbocycles. The molecule has 1 N–H and O–H groups in total. The van der Waals surface area contributed by atoms with Gasteiger partial charge in [-0.05, 0) is 43.9 Å². The van der Waals surface area contributed by atoms with Crippen LogP contribution in [0.5, 0.6) is 0 Å². The monoisotopic (exact) mass is 287 g/mol. The quantitative estimate of drug-likeness (QED) is 0.929. The summed E-state index contributed by atoms with van der Waals surface area (Å²) in [7, 11) is -2.99. The van der Waals surface area contributed by atoms with Crippen LogP contribution in [0.25, 0.3) is 0 Å². The lowest BCUT2D eigenvalue weighted by molar-refractivity contribution is 0.579. The molecule has 2 rings (SSSR count). The van der Waals surface area contributed by atoms with Gasteiger partial charge in [-0.1, -0.05) is 17.7 Å². The minimum Gasteiger partial charge on any atom is -0.381 e. The molecule has 0 saturated heterocycles. The molecule has 5 heteroatoms. The average molecular weight is 288 g/mol. The molecule has 2 unspecified atom stereocenters. The number of rotatable bonds is 3. The smallest absolute Gasteiger partial charge is 0.152 e. The van der Waals surface area contributed by atoms with E-state index < -0.39 is 9.84 Å². The highest BCUT2D eigenvalue weighted by Crippen LogP contribution is 2.30. The van der Waals surface area contributed by atoms with Crippen molar-refractivity contribution in [2.45, 2.75) is 37.5 Å². The molecule has 0 heterocycles. The number of benzene rings is 1. The first-order chi connectivity index (χ1) is 8.39. The Bertz CT molecular complexity index is 542. The van der Waals surface area contributed by atoms with Crippen molar-refractivity contribution < 1.29 is 8.42 Å². The number of halogens is 1. The Balaban J connectivity index is 2.21. The number of hydrogen-bond acceptors (Lipinski definition) is 3. The van der Waals surface area contributed by atoms with E-state index in [1.54, 1.807) is 0 Å². The van der Waals surface area contributed by atoms with Crippen molar-refractivity contribution in [2.24, 2.45) is 0 Å². The van der Waals surface area contributed by atoms with Gasteiger partial charge in [-0.15, -0.1) is 0 Å². The molecule has 1 aliphatic rings. The summed E-state index contributed by atoms with van der Waals surface area (Å²) in [4.78, 5) is 0. The minimum atomic E-state index is -2.99. The van der Waals surface area contributed by atoms with Gasteiger partial charge in [0.15, 0.2) is 9.84 Å². The summed E-state index contributed by atoms with van der Waals surface area (Å²) in [6, 6.07) is 5.66. The van der Waals surface area contributed by atoms with Gasteiger partial charge in [-0.25, -0.2) is 8.42 Å². The van der Waals surface area contributed by atoms with Crippen molar-refractivity contribution in [1.29, 1.82) is 0 Å². The fraction of sp³-hybridized carbons (Fsp3) is 0.538. The maximum Gasteiger partial charge on any atom is 0.152 e.